The molecule has 0 aliphatic carbocycles. The highest BCUT2D eigenvalue weighted by atomic mass is 16.5. The lowest BCUT2D eigenvalue weighted by atomic mass is 10.1. The second-order valence-corrected chi connectivity index (χ2v) is 4.58. The van der Waals surface area contributed by atoms with Gasteiger partial charge in [0.2, 0.25) is 5.91 Å². The Kier molecular flexibility index (Phi) is 4.11. The van der Waals surface area contributed by atoms with E-state index in [9.17, 15) is 4.79 Å². The van der Waals surface area contributed by atoms with Crippen LogP contribution in [0.1, 0.15) is 27.2 Å². The van der Waals surface area contributed by atoms with E-state index in [0.717, 1.165) is 13.0 Å². The number of carbonyl (C=O) groups is 1. The second kappa shape index (κ2) is 4.94. The van der Waals surface area contributed by atoms with Gasteiger partial charge < -0.3 is 15.0 Å². The summed E-state index contributed by atoms with van der Waals surface area (Å²) in [7, 11) is 1.83. The number of rotatable bonds is 5. The molecule has 15 heavy (non-hydrogen) atoms. The molecule has 0 radical (unpaired) electrons. The third kappa shape index (κ3) is 3.18. The van der Waals surface area contributed by atoms with Gasteiger partial charge in [0, 0.05) is 19.7 Å². The van der Waals surface area contributed by atoms with E-state index in [1.54, 1.807) is 0 Å². The molecular weight excluding hydrogens is 192 g/mol. The number of likely N-dealkylation sites (tertiary alicyclic amines) is 1. The predicted octanol–water partition coefficient (Wildman–Crippen LogP) is 0.622. The quantitative estimate of drug-likeness (QED) is 0.729. The minimum Gasteiger partial charge on any atom is -0.374 e. The Morgan fingerprint density at radius 1 is 1.60 bits per heavy atom. The van der Waals surface area contributed by atoms with E-state index in [2.05, 4.69) is 5.32 Å². The number of hydrogen-bond donors (Lipinski definition) is 1. The van der Waals surface area contributed by atoms with Crippen LogP contribution in [0.2, 0.25) is 0 Å². The van der Waals surface area contributed by atoms with Crippen LogP contribution in [0.4, 0.5) is 0 Å². The first kappa shape index (κ1) is 12.5. The lowest BCUT2D eigenvalue weighted by Gasteiger charge is -2.30. The summed E-state index contributed by atoms with van der Waals surface area (Å²) in [6, 6.07) is 0.00225. The Labute approximate surface area is 92.0 Å². The molecule has 0 aromatic rings. The fourth-order valence-electron chi connectivity index (χ4n) is 2.06. The second-order valence-electron chi connectivity index (χ2n) is 4.58. The molecule has 0 saturated carbocycles. The summed E-state index contributed by atoms with van der Waals surface area (Å²) in [6.07, 6.45) is 0.900. The van der Waals surface area contributed by atoms with Crippen molar-refractivity contribution in [1.82, 2.24) is 10.2 Å². The fourth-order valence-corrected chi connectivity index (χ4v) is 2.06. The minimum atomic E-state index is -0.243. The van der Waals surface area contributed by atoms with Gasteiger partial charge in [0.15, 0.2) is 0 Å². The first-order chi connectivity index (χ1) is 7.00. The zero-order chi connectivity index (χ0) is 11.5. The Balaban J connectivity index is 2.49. The van der Waals surface area contributed by atoms with Crippen molar-refractivity contribution in [2.45, 2.75) is 38.8 Å². The maximum atomic E-state index is 11.8. The molecule has 1 atom stereocenters. The van der Waals surface area contributed by atoms with Crippen molar-refractivity contribution in [2.24, 2.45) is 0 Å². The molecule has 0 aromatic carbocycles. The molecule has 1 fully saturated rings. The highest BCUT2D eigenvalue weighted by molar-refractivity contribution is 5.84. The summed E-state index contributed by atoms with van der Waals surface area (Å²) >= 11 is 0. The molecule has 0 bridgehead atoms. The predicted molar refractivity (Wildman–Crippen MR) is 59.7 cm³/mol. The molecule has 4 nitrogen and oxygen atoms in total. The summed E-state index contributed by atoms with van der Waals surface area (Å²) in [5.41, 5.74) is -0.243. The largest absolute Gasteiger partial charge is 0.374 e. The van der Waals surface area contributed by atoms with Gasteiger partial charge in [-0.3, -0.25) is 4.79 Å². The molecule has 1 rings (SSSR count). The molecule has 88 valence electrons. The zero-order valence-electron chi connectivity index (χ0n) is 10.2. The van der Waals surface area contributed by atoms with Gasteiger partial charge in [-0.25, -0.2) is 0 Å². The molecular formula is C11H22N2O2. The van der Waals surface area contributed by atoms with Gasteiger partial charge in [-0.2, -0.15) is 0 Å². The van der Waals surface area contributed by atoms with Crippen LogP contribution in [0.25, 0.3) is 0 Å². The fraction of sp³-hybridized carbons (Fsp3) is 0.909. The van der Waals surface area contributed by atoms with Gasteiger partial charge in [0.1, 0.15) is 0 Å². The number of amides is 1. The smallest absolute Gasteiger partial charge is 0.239 e. The van der Waals surface area contributed by atoms with Crippen LogP contribution in [0, 0.1) is 0 Å². The number of carbonyl (C=O) groups excluding carboxylic acids is 1. The monoisotopic (exact) mass is 214 g/mol. The third-order valence-corrected chi connectivity index (χ3v) is 2.75. The zero-order valence-corrected chi connectivity index (χ0v) is 10.2. The van der Waals surface area contributed by atoms with E-state index in [4.69, 9.17) is 4.74 Å². The number of nitrogens with zero attached hydrogens (tertiary/aromatic N) is 1. The summed E-state index contributed by atoms with van der Waals surface area (Å²) in [4.78, 5) is 13.7. The summed E-state index contributed by atoms with van der Waals surface area (Å²) in [5, 5.41) is 3.03. The average Bonchev–Trinajstić information content (AvgIpc) is 2.47. The molecule has 1 heterocycles. The molecule has 1 aliphatic heterocycles. The van der Waals surface area contributed by atoms with Crippen molar-refractivity contribution in [1.29, 1.82) is 0 Å². The number of hydrogen-bond acceptors (Lipinski definition) is 3. The van der Waals surface area contributed by atoms with Crippen LogP contribution in [0.15, 0.2) is 0 Å². The number of ether oxygens (including phenoxy) is 1. The molecule has 0 aromatic heterocycles. The van der Waals surface area contributed by atoms with Gasteiger partial charge >= 0.3 is 0 Å². The van der Waals surface area contributed by atoms with Gasteiger partial charge in [-0.05, 0) is 34.2 Å². The average molecular weight is 214 g/mol. The van der Waals surface area contributed by atoms with Gasteiger partial charge in [0.25, 0.3) is 0 Å². The topological polar surface area (TPSA) is 41.6 Å². The number of likely N-dealkylation sites (N-methyl/N-ethyl adjacent to an activating group) is 1. The van der Waals surface area contributed by atoms with Gasteiger partial charge in [-0.1, -0.05) is 0 Å². The molecule has 0 spiro atoms. The van der Waals surface area contributed by atoms with Gasteiger partial charge in [0.05, 0.1) is 11.6 Å². The van der Waals surface area contributed by atoms with E-state index in [-0.39, 0.29) is 17.6 Å². The van der Waals surface area contributed by atoms with Crippen LogP contribution < -0.4 is 5.32 Å². The first-order valence-corrected chi connectivity index (χ1v) is 5.60. The highest BCUT2D eigenvalue weighted by Crippen LogP contribution is 2.17. The number of nitrogens with one attached hydrogen (secondary N) is 1. The van der Waals surface area contributed by atoms with Crippen LogP contribution in [0.5, 0.6) is 0 Å². The molecule has 1 saturated heterocycles. The Morgan fingerprint density at radius 2 is 2.27 bits per heavy atom. The van der Waals surface area contributed by atoms with Crippen LogP contribution in [-0.2, 0) is 9.53 Å². The van der Waals surface area contributed by atoms with Crippen molar-refractivity contribution in [3.63, 3.8) is 0 Å². The van der Waals surface area contributed by atoms with Crippen molar-refractivity contribution in [3.05, 3.63) is 0 Å². The van der Waals surface area contributed by atoms with Crippen LogP contribution >= 0.6 is 0 Å². The van der Waals surface area contributed by atoms with Crippen molar-refractivity contribution < 1.29 is 9.53 Å². The first-order valence-electron chi connectivity index (χ1n) is 5.60. The Bertz CT molecular complexity index is 229. The van der Waals surface area contributed by atoms with Crippen molar-refractivity contribution in [3.8, 4) is 0 Å². The van der Waals surface area contributed by atoms with Crippen molar-refractivity contribution >= 4 is 5.91 Å². The summed E-state index contributed by atoms with van der Waals surface area (Å²) < 4.78 is 5.59. The molecule has 1 amide bonds. The molecule has 1 N–H and O–H groups in total. The van der Waals surface area contributed by atoms with Crippen molar-refractivity contribution in [2.75, 3.05) is 26.7 Å². The van der Waals surface area contributed by atoms with E-state index < -0.39 is 0 Å². The SMILES string of the molecule is CCOC(C)(C)CN1CCC(NC)C1=O. The minimum absolute atomic E-state index is 0.00225. The van der Waals surface area contributed by atoms with E-state index in [1.165, 1.54) is 0 Å². The molecule has 4 heteroatoms. The Hall–Kier alpha value is -0.610. The molecule has 1 aliphatic rings. The van der Waals surface area contributed by atoms with E-state index in [1.807, 2.05) is 32.7 Å². The van der Waals surface area contributed by atoms with E-state index >= 15 is 0 Å². The highest BCUT2D eigenvalue weighted by Gasteiger charge is 2.34. The summed E-state index contributed by atoms with van der Waals surface area (Å²) in [6.45, 7) is 8.22. The lowest BCUT2D eigenvalue weighted by Crippen LogP contribution is -2.44. The lowest BCUT2D eigenvalue weighted by molar-refractivity contribution is -0.133. The van der Waals surface area contributed by atoms with E-state index in [0.29, 0.717) is 13.2 Å². The summed E-state index contributed by atoms with van der Waals surface area (Å²) in [5.74, 6) is 0.199. The normalized spacial score (nSPS) is 22.5. The van der Waals surface area contributed by atoms with Gasteiger partial charge in [-0.15, -0.1) is 0 Å². The van der Waals surface area contributed by atoms with Crippen LogP contribution in [-0.4, -0.2) is 49.2 Å². The third-order valence-electron chi connectivity index (χ3n) is 2.75. The maximum Gasteiger partial charge on any atom is 0.239 e. The standard InChI is InChI=1S/C11H22N2O2/c1-5-15-11(2,3)8-13-7-6-9(12-4)10(13)14/h9,12H,5-8H2,1-4H3. The van der Waals surface area contributed by atoms with Crippen LogP contribution in [0.3, 0.4) is 0 Å². The molecule has 1 unspecified atom stereocenters. The Morgan fingerprint density at radius 3 is 2.73 bits per heavy atom. The maximum absolute atomic E-state index is 11.8.